The van der Waals surface area contributed by atoms with Gasteiger partial charge in [-0.25, -0.2) is 4.98 Å². The molecule has 9 nitrogen and oxygen atoms in total. The number of aliphatic hydroxyl groups is 1. The molecule has 0 saturated heterocycles. The van der Waals surface area contributed by atoms with E-state index in [1.807, 2.05) is 64.0 Å². The number of aromatic amines is 1. The lowest BCUT2D eigenvalue weighted by Gasteiger charge is -2.20. The van der Waals surface area contributed by atoms with E-state index < -0.39 is 0 Å². The van der Waals surface area contributed by atoms with Crippen LogP contribution in [0.2, 0.25) is 0 Å². The lowest BCUT2D eigenvalue weighted by molar-refractivity contribution is -0.109. The van der Waals surface area contributed by atoms with Crippen LogP contribution < -0.4 is 21.1 Å². The lowest BCUT2D eigenvalue weighted by atomic mass is 9.89. The Kier molecular flexibility index (Phi) is 10.7. The van der Waals surface area contributed by atoms with Crippen LogP contribution in [0, 0.1) is 0 Å². The number of anilines is 3. The van der Waals surface area contributed by atoms with Gasteiger partial charge >= 0.3 is 0 Å². The molecular formula is C31H40N6O3. The highest BCUT2D eigenvalue weighted by Gasteiger charge is 2.17. The zero-order valence-corrected chi connectivity index (χ0v) is 24.2. The second-order valence-electron chi connectivity index (χ2n) is 9.34. The Balaban J connectivity index is 0.00000216. The van der Waals surface area contributed by atoms with Crippen LogP contribution in [0.25, 0.3) is 22.3 Å². The number of aliphatic hydroxyl groups excluding tert-OH is 1. The quantitative estimate of drug-likeness (QED) is 0.162. The average Bonchev–Trinajstić information content (AvgIpc) is 3.43. The number of hydrogen-bond donors (Lipinski definition) is 4. The molecule has 9 heteroatoms. The molecule has 2 heterocycles. The number of H-pyrrole nitrogens is 1. The maximum Gasteiger partial charge on any atom is 0.274 e. The minimum Gasteiger partial charge on any atom is -0.392 e. The maximum absolute atomic E-state index is 12.9. The van der Waals surface area contributed by atoms with Gasteiger partial charge in [-0.2, -0.15) is 0 Å². The zero-order chi connectivity index (χ0) is 29.2. The summed E-state index contributed by atoms with van der Waals surface area (Å²) in [7, 11) is 5.68. The smallest absolute Gasteiger partial charge is 0.274 e. The standard InChI is InChI=1S/C29H34N6O3.C2H6/c1-5-21-15-31-29(32-21)33-27-14-20(16-35(4)28(27)38)23-7-6-8-25(26(23)17-36)24-10-9-22(34(2)3)13-19(24)11-12-30-18-37;1-2/h6-10,13-16,18,36H,5,11-12,17H2,1-4H3,(H,30,37)(H2,31,32,33);1-2H3. The van der Waals surface area contributed by atoms with Crippen molar-refractivity contribution in [2.75, 3.05) is 30.9 Å². The first-order chi connectivity index (χ1) is 19.4. The number of carbonyl (C=O) groups is 1. The minimum absolute atomic E-state index is 0.184. The molecule has 4 rings (SSSR count). The van der Waals surface area contributed by atoms with E-state index in [-0.39, 0.29) is 12.2 Å². The topological polar surface area (TPSA) is 115 Å². The fraction of sp³-hybridized carbons (Fsp3) is 0.323. The number of rotatable bonds is 11. The molecule has 4 aromatic rings. The molecule has 0 spiro atoms. The first-order valence-corrected chi connectivity index (χ1v) is 13.6. The number of nitrogens with zero attached hydrogens (tertiary/aromatic N) is 3. The van der Waals surface area contributed by atoms with Crippen LogP contribution in [0.3, 0.4) is 0 Å². The van der Waals surface area contributed by atoms with Crippen molar-refractivity contribution in [2.45, 2.75) is 40.2 Å². The van der Waals surface area contributed by atoms with Gasteiger partial charge in [0.15, 0.2) is 0 Å². The van der Waals surface area contributed by atoms with Crippen LogP contribution >= 0.6 is 0 Å². The summed E-state index contributed by atoms with van der Waals surface area (Å²) in [4.78, 5) is 33.3. The molecule has 4 N–H and O–H groups in total. The highest BCUT2D eigenvalue weighted by Crippen LogP contribution is 2.36. The first-order valence-electron chi connectivity index (χ1n) is 13.6. The van der Waals surface area contributed by atoms with E-state index in [4.69, 9.17) is 0 Å². The predicted octanol–water partition coefficient (Wildman–Crippen LogP) is 4.62. The molecule has 2 aromatic carbocycles. The van der Waals surface area contributed by atoms with Gasteiger partial charge in [-0.15, -0.1) is 0 Å². The van der Waals surface area contributed by atoms with Crippen molar-refractivity contribution in [3.63, 3.8) is 0 Å². The number of nitrogens with one attached hydrogen (secondary N) is 3. The van der Waals surface area contributed by atoms with Crippen molar-refractivity contribution in [1.29, 1.82) is 0 Å². The number of amides is 1. The van der Waals surface area contributed by atoms with Gasteiger partial charge in [-0.05, 0) is 58.9 Å². The predicted molar refractivity (Wildman–Crippen MR) is 163 cm³/mol. The number of hydrogen-bond acceptors (Lipinski definition) is 6. The van der Waals surface area contributed by atoms with Crippen molar-refractivity contribution >= 4 is 23.7 Å². The molecule has 0 aliphatic carbocycles. The van der Waals surface area contributed by atoms with Crippen LogP contribution in [-0.2, 0) is 31.3 Å². The van der Waals surface area contributed by atoms with Gasteiger partial charge in [0.1, 0.15) is 5.69 Å². The zero-order valence-electron chi connectivity index (χ0n) is 24.2. The minimum atomic E-state index is -0.186. The highest BCUT2D eigenvalue weighted by molar-refractivity contribution is 5.81. The van der Waals surface area contributed by atoms with Gasteiger partial charge < -0.3 is 30.2 Å². The van der Waals surface area contributed by atoms with Gasteiger partial charge in [-0.3, -0.25) is 9.59 Å². The van der Waals surface area contributed by atoms with Crippen molar-refractivity contribution in [3.8, 4) is 22.3 Å². The van der Waals surface area contributed by atoms with Gasteiger partial charge in [0, 0.05) is 50.8 Å². The molecule has 212 valence electrons. The molecule has 0 fully saturated rings. The summed E-state index contributed by atoms with van der Waals surface area (Å²) >= 11 is 0. The first kappa shape index (κ1) is 30.2. The number of aromatic nitrogens is 3. The van der Waals surface area contributed by atoms with Crippen LogP contribution in [0.1, 0.15) is 37.6 Å². The van der Waals surface area contributed by atoms with E-state index in [1.54, 1.807) is 25.5 Å². The van der Waals surface area contributed by atoms with Crippen molar-refractivity contribution in [3.05, 3.63) is 82.0 Å². The Morgan fingerprint density at radius 2 is 1.85 bits per heavy atom. The molecule has 2 aromatic heterocycles. The summed E-state index contributed by atoms with van der Waals surface area (Å²) in [5, 5.41) is 16.4. The molecule has 0 atom stereocenters. The van der Waals surface area contributed by atoms with Crippen LogP contribution in [-0.4, -0.2) is 46.7 Å². The lowest BCUT2D eigenvalue weighted by Crippen LogP contribution is -2.20. The Labute approximate surface area is 235 Å². The Morgan fingerprint density at radius 1 is 1.10 bits per heavy atom. The van der Waals surface area contributed by atoms with Crippen molar-refractivity contribution in [1.82, 2.24) is 19.9 Å². The van der Waals surface area contributed by atoms with E-state index in [0.717, 1.165) is 51.2 Å². The molecule has 0 bridgehead atoms. The number of carbonyl (C=O) groups excluding carboxylic acids is 1. The molecule has 0 radical (unpaired) electrons. The molecular weight excluding hydrogens is 504 g/mol. The Bertz CT molecular complexity index is 1490. The molecule has 0 saturated carbocycles. The summed E-state index contributed by atoms with van der Waals surface area (Å²) in [6.07, 6.45) is 5.67. The highest BCUT2D eigenvalue weighted by atomic mass is 16.3. The molecule has 40 heavy (non-hydrogen) atoms. The number of pyridine rings is 1. The average molecular weight is 545 g/mol. The van der Waals surface area contributed by atoms with E-state index in [1.165, 1.54) is 4.57 Å². The summed E-state index contributed by atoms with van der Waals surface area (Å²) < 4.78 is 1.53. The maximum atomic E-state index is 12.9. The fourth-order valence-electron chi connectivity index (χ4n) is 4.55. The second-order valence-corrected chi connectivity index (χ2v) is 9.34. The number of imidazole rings is 1. The van der Waals surface area contributed by atoms with Crippen molar-refractivity contribution in [2.24, 2.45) is 7.05 Å². The van der Waals surface area contributed by atoms with Crippen molar-refractivity contribution < 1.29 is 9.90 Å². The summed E-state index contributed by atoms with van der Waals surface area (Å²) in [6, 6.07) is 13.9. The molecule has 0 aliphatic heterocycles. The Hall–Kier alpha value is -4.37. The SMILES string of the molecule is CC.CCc1cnc(Nc2cc(-c3cccc(-c4ccc(N(C)C)cc4CCNC=O)c3CO)cn(C)c2=O)[nH]1. The van der Waals surface area contributed by atoms with E-state index >= 15 is 0 Å². The summed E-state index contributed by atoms with van der Waals surface area (Å²) in [5.41, 5.74) is 7.53. The normalized spacial score (nSPS) is 10.5. The van der Waals surface area contributed by atoms with Gasteiger partial charge in [0.2, 0.25) is 12.4 Å². The van der Waals surface area contributed by atoms with E-state index in [0.29, 0.717) is 31.0 Å². The third-order valence-electron chi connectivity index (χ3n) is 6.61. The van der Waals surface area contributed by atoms with Crippen LogP contribution in [0.15, 0.2) is 59.7 Å². The van der Waals surface area contributed by atoms with Gasteiger partial charge in [0.25, 0.3) is 5.56 Å². The third-order valence-corrected chi connectivity index (χ3v) is 6.61. The van der Waals surface area contributed by atoms with E-state index in [2.05, 4.69) is 32.7 Å². The fourth-order valence-corrected chi connectivity index (χ4v) is 4.55. The van der Waals surface area contributed by atoms with E-state index in [9.17, 15) is 14.7 Å². The summed E-state index contributed by atoms with van der Waals surface area (Å²) in [6.45, 7) is 6.35. The molecule has 0 unspecified atom stereocenters. The largest absolute Gasteiger partial charge is 0.392 e. The third kappa shape index (κ3) is 6.79. The molecule has 0 aliphatic rings. The van der Waals surface area contributed by atoms with Gasteiger partial charge in [0.05, 0.1) is 12.8 Å². The van der Waals surface area contributed by atoms with Gasteiger partial charge in [-0.1, -0.05) is 45.0 Å². The number of benzene rings is 2. The number of aryl methyl sites for hydroxylation is 2. The monoisotopic (exact) mass is 544 g/mol. The van der Waals surface area contributed by atoms with Crippen LogP contribution in [0.4, 0.5) is 17.3 Å². The Morgan fingerprint density at radius 3 is 2.50 bits per heavy atom. The second kappa shape index (κ2) is 14.1. The molecule has 1 amide bonds. The van der Waals surface area contributed by atoms with Crippen LogP contribution in [0.5, 0.6) is 0 Å². The summed E-state index contributed by atoms with van der Waals surface area (Å²) in [5.74, 6) is 0.502.